The molecule has 0 heterocycles. The number of esters is 2. The second kappa shape index (κ2) is 7.11. The van der Waals surface area contributed by atoms with Gasteiger partial charge >= 0.3 is 39.7 Å². The second-order valence-electron chi connectivity index (χ2n) is 4.02. The molecule has 25 heavy (non-hydrogen) atoms. The van der Waals surface area contributed by atoms with E-state index in [1.165, 1.54) is 0 Å². The fourth-order valence-electron chi connectivity index (χ4n) is 0.848. The molecule has 0 radical (unpaired) electrons. The zero-order chi connectivity index (χ0) is 20.4. The molecule has 0 aliphatic rings. The van der Waals surface area contributed by atoms with Crippen molar-refractivity contribution in [3.8, 4) is 0 Å². The first-order chi connectivity index (χ1) is 10.8. The Balaban J connectivity index is 5.29. The lowest BCUT2D eigenvalue weighted by Gasteiger charge is -2.21. The van der Waals surface area contributed by atoms with Crippen LogP contribution in [0.25, 0.3) is 0 Å². The topological polar surface area (TPSA) is 107 Å². The Morgan fingerprint density at radius 1 is 1.04 bits per heavy atom. The number of alkyl halides is 8. The minimum Gasteiger partial charge on any atom is -0.455 e. The van der Waals surface area contributed by atoms with Gasteiger partial charge in [-0.2, -0.15) is 43.5 Å². The van der Waals surface area contributed by atoms with Crippen LogP contribution < -0.4 is 0 Å². The van der Waals surface area contributed by atoms with Crippen molar-refractivity contribution in [1.82, 2.24) is 0 Å². The molecule has 0 fully saturated rings. The van der Waals surface area contributed by atoms with E-state index in [0.717, 1.165) is 0 Å². The smallest absolute Gasteiger partial charge is 0.436 e. The summed E-state index contributed by atoms with van der Waals surface area (Å²) < 4.78 is 134. The van der Waals surface area contributed by atoms with Gasteiger partial charge in [0.2, 0.25) is 0 Å². The summed E-state index contributed by atoms with van der Waals surface area (Å²) in [6.07, 6.45) is -15.5. The summed E-state index contributed by atoms with van der Waals surface area (Å²) in [5, 5.41) is -5.22. The fourth-order valence-corrected chi connectivity index (χ4v) is 1.06. The molecular formula is C9H6F8O7S. The molecule has 1 N–H and O–H groups in total. The van der Waals surface area contributed by atoms with E-state index in [-0.39, 0.29) is 0 Å². The van der Waals surface area contributed by atoms with E-state index in [1.807, 2.05) is 0 Å². The molecule has 1 atom stereocenters. The monoisotopic (exact) mass is 410 g/mol. The maximum Gasteiger partial charge on any atom is 0.436 e. The van der Waals surface area contributed by atoms with E-state index in [1.54, 1.807) is 0 Å². The SMILES string of the molecule is C=C(C(=O)OC(C(=O)OCC(F)(F)S(=O)(=O)O)C(F)(F)F)C(F)(F)F. The van der Waals surface area contributed by atoms with Gasteiger partial charge in [0, 0.05) is 0 Å². The highest BCUT2D eigenvalue weighted by Crippen LogP contribution is 2.30. The number of carbonyl (C=O) groups is 2. The van der Waals surface area contributed by atoms with E-state index in [2.05, 4.69) is 16.1 Å². The van der Waals surface area contributed by atoms with Crippen LogP contribution in [0.2, 0.25) is 0 Å². The minimum atomic E-state index is -6.18. The number of rotatable bonds is 6. The zero-order valence-corrected chi connectivity index (χ0v) is 12.1. The van der Waals surface area contributed by atoms with Gasteiger partial charge in [0.05, 0.1) is 0 Å². The molecule has 0 amide bonds. The van der Waals surface area contributed by atoms with Crippen molar-refractivity contribution in [2.75, 3.05) is 6.61 Å². The summed E-state index contributed by atoms with van der Waals surface area (Å²) in [6, 6.07) is 0. The lowest BCUT2D eigenvalue weighted by atomic mass is 10.3. The normalized spacial score (nSPS) is 14.6. The standard InChI is InChI=1S/C9H6F8O7S/c1-3(8(12,13)14)5(18)24-4(9(15,16)17)6(19)23-2-7(10,11)25(20,21)22/h4H,1-2H2,(H,20,21,22). The molecule has 0 spiro atoms. The largest absolute Gasteiger partial charge is 0.455 e. The molecule has 146 valence electrons. The molecular weight excluding hydrogens is 404 g/mol. The van der Waals surface area contributed by atoms with Gasteiger partial charge in [-0.3, -0.25) is 4.55 Å². The molecule has 0 rings (SSSR count). The number of carbonyl (C=O) groups excluding carboxylic acids is 2. The Labute approximate surface area is 132 Å². The first kappa shape index (κ1) is 23.0. The molecule has 0 saturated heterocycles. The summed E-state index contributed by atoms with van der Waals surface area (Å²) in [7, 11) is -6.18. The van der Waals surface area contributed by atoms with Gasteiger partial charge in [0.15, 0.2) is 6.61 Å². The van der Waals surface area contributed by atoms with Gasteiger partial charge in [-0.15, -0.1) is 0 Å². The predicted octanol–water partition coefficient (Wildman–Crippen LogP) is 1.60. The lowest BCUT2D eigenvalue weighted by molar-refractivity contribution is -0.231. The molecule has 0 aliphatic carbocycles. The van der Waals surface area contributed by atoms with Crippen molar-refractivity contribution in [1.29, 1.82) is 0 Å². The summed E-state index contributed by atoms with van der Waals surface area (Å²) in [4.78, 5) is 21.9. The molecule has 0 aromatic rings. The van der Waals surface area contributed by atoms with Crippen LogP contribution in [0.15, 0.2) is 12.2 Å². The van der Waals surface area contributed by atoms with Gasteiger partial charge < -0.3 is 9.47 Å². The number of hydrogen-bond acceptors (Lipinski definition) is 6. The number of ether oxygens (including phenoxy) is 2. The van der Waals surface area contributed by atoms with E-state index >= 15 is 0 Å². The van der Waals surface area contributed by atoms with Gasteiger partial charge in [0.25, 0.3) is 6.10 Å². The summed E-state index contributed by atoms with van der Waals surface area (Å²) in [5.41, 5.74) is -2.45. The Morgan fingerprint density at radius 2 is 1.48 bits per heavy atom. The number of halogens is 8. The predicted molar refractivity (Wildman–Crippen MR) is 58.6 cm³/mol. The van der Waals surface area contributed by atoms with Crippen LogP contribution in [0, 0.1) is 0 Å². The lowest BCUT2D eigenvalue weighted by Crippen LogP contribution is -2.45. The van der Waals surface area contributed by atoms with Crippen LogP contribution in [-0.2, 0) is 29.2 Å². The Morgan fingerprint density at radius 3 is 1.80 bits per heavy atom. The molecule has 7 nitrogen and oxygen atoms in total. The van der Waals surface area contributed by atoms with Crippen molar-refractivity contribution >= 4 is 22.1 Å². The Kier molecular flexibility index (Phi) is 6.55. The molecule has 0 aromatic heterocycles. The highest BCUT2D eigenvalue weighted by Gasteiger charge is 2.53. The van der Waals surface area contributed by atoms with Crippen LogP contribution in [0.3, 0.4) is 0 Å². The van der Waals surface area contributed by atoms with Crippen LogP contribution >= 0.6 is 0 Å². The van der Waals surface area contributed by atoms with Crippen LogP contribution in [0.4, 0.5) is 35.1 Å². The van der Waals surface area contributed by atoms with Crippen molar-refractivity contribution in [3.63, 3.8) is 0 Å². The van der Waals surface area contributed by atoms with E-state index in [0.29, 0.717) is 0 Å². The molecule has 16 heteroatoms. The molecule has 0 saturated carbocycles. The fraction of sp³-hybridized carbons (Fsp3) is 0.556. The van der Waals surface area contributed by atoms with Gasteiger partial charge in [-0.05, 0) is 0 Å². The van der Waals surface area contributed by atoms with Crippen molar-refractivity contribution in [3.05, 3.63) is 12.2 Å². The van der Waals surface area contributed by atoms with Gasteiger partial charge in [-0.1, -0.05) is 6.58 Å². The minimum absolute atomic E-state index is 2.09. The average Bonchev–Trinajstić information content (AvgIpc) is 2.37. The first-order valence-corrected chi connectivity index (χ1v) is 6.80. The molecule has 1 unspecified atom stereocenters. The third-order valence-electron chi connectivity index (χ3n) is 2.08. The average molecular weight is 410 g/mol. The third-order valence-corrected chi connectivity index (χ3v) is 2.96. The highest BCUT2D eigenvalue weighted by atomic mass is 32.2. The van der Waals surface area contributed by atoms with Crippen molar-refractivity contribution in [2.24, 2.45) is 0 Å². The maximum absolute atomic E-state index is 12.7. The maximum atomic E-state index is 12.7. The van der Waals surface area contributed by atoms with Crippen molar-refractivity contribution < 1.29 is 67.2 Å². The van der Waals surface area contributed by atoms with Gasteiger partial charge in [0.1, 0.15) is 5.57 Å². The van der Waals surface area contributed by atoms with Crippen LogP contribution in [0.1, 0.15) is 0 Å². The quantitative estimate of drug-likeness (QED) is 0.307. The summed E-state index contributed by atoms with van der Waals surface area (Å²) in [5.74, 6) is -5.62. The van der Waals surface area contributed by atoms with Gasteiger partial charge in [-0.25, -0.2) is 9.59 Å². The third kappa shape index (κ3) is 6.45. The summed E-state index contributed by atoms with van der Waals surface area (Å²) in [6.45, 7) is -0.543. The second-order valence-corrected chi connectivity index (χ2v) is 5.57. The van der Waals surface area contributed by atoms with Crippen LogP contribution in [-0.4, -0.2) is 55.2 Å². The first-order valence-electron chi connectivity index (χ1n) is 5.36. The zero-order valence-electron chi connectivity index (χ0n) is 11.3. The Bertz CT molecular complexity index is 648. The molecule has 0 bridgehead atoms. The number of hydrogen-bond donors (Lipinski definition) is 1. The van der Waals surface area contributed by atoms with E-state index < -0.39 is 57.9 Å². The Hall–Kier alpha value is -1.97. The summed E-state index contributed by atoms with van der Waals surface area (Å²) >= 11 is 0. The van der Waals surface area contributed by atoms with Crippen LogP contribution in [0.5, 0.6) is 0 Å². The van der Waals surface area contributed by atoms with Crippen molar-refractivity contribution in [2.45, 2.75) is 23.7 Å². The van der Waals surface area contributed by atoms with E-state index in [4.69, 9.17) is 4.55 Å². The van der Waals surface area contributed by atoms with E-state index in [9.17, 15) is 53.1 Å². The molecule has 0 aromatic carbocycles. The molecule has 0 aliphatic heterocycles. The highest BCUT2D eigenvalue weighted by molar-refractivity contribution is 7.86.